The summed E-state index contributed by atoms with van der Waals surface area (Å²) in [5.74, 6) is -0.385. The number of benzene rings is 2. The largest absolute Gasteiger partial charge is 0.352 e. The fraction of sp³-hybridized carbons (Fsp3) is 0.500. The van der Waals surface area contributed by atoms with Crippen molar-refractivity contribution >= 4 is 39.1 Å². The van der Waals surface area contributed by atoms with E-state index in [1.54, 1.807) is 29.2 Å². The Labute approximate surface area is 227 Å². The van der Waals surface area contributed by atoms with E-state index in [1.165, 1.54) is 10.6 Å². The van der Waals surface area contributed by atoms with E-state index in [2.05, 4.69) is 5.32 Å². The first-order valence-corrected chi connectivity index (χ1v) is 15.1. The van der Waals surface area contributed by atoms with E-state index >= 15 is 0 Å². The van der Waals surface area contributed by atoms with Gasteiger partial charge in [-0.1, -0.05) is 56.6 Å². The van der Waals surface area contributed by atoms with Crippen LogP contribution in [0.15, 0.2) is 48.5 Å². The second-order valence-electron chi connectivity index (χ2n) is 9.35. The molecule has 2 amide bonds. The third-order valence-electron chi connectivity index (χ3n) is 6.44. The lowest BCUT2D eigenvalue weighted by Gasteiger charge is -2.32. The Morgan fingerprint density at radius 3 is 2.05 bits per heavy atom. The maximum Gasteiger partial charge on any atom is 0.243 e. The van der Waals surface area contributed by atoms with E-state index in [1.807, 2.05) is 52.0 Å². The van der Waals surface area contributed by atoms with E-state index in [4.69, 9.17) is 11.6 Å². The Balaban J connectivity index is 2.21. The fourth-order valence-electron chi connectivity index (χ4n) is 4.05. The molecule has 2 aromatic carbocycles. The van der Waals surface area contributed by atoms with Gasteiger partial charge in [0, 0.05) is 30.6 Å². The van der Waals surface area contributed by atoms with Crippen LogP contribution in [-0.2, 0) is 32.6 Å². The molecule has 0 saturated heterocycles. The number of hydrogen-bond acceptors (Lipinski definition) is 4. The average molecular weight is 550 g/mol. The van der Waals surface area contributed by atoms with E-state index < -0.39 is 16.1 Å². The lowest BCUT2D eigenvalue weighted by atomic mass is 10.1. The van der Waals surface area contributed by atoms with Crippen molar-refractivity contribution in [3.8, 4) is 0 Å². The van der Waals surface area contributed by atoms with Crippen molar-refractivity contribution in [1.82, 2.24) is 10.2 Å². The van der Waals surface area contributed by atoms with Gasteiger partial charge >= 0.3 is 0 Å². The number of aryl methyl sites for hydroxylation is 1. The molecule has 0 aromatic heterocycles. The van der Waals surface area contributed by atoms with E-state index in [9.17, 15) is 18.0 Å². The van der Waals surface area contributed by atoms with Crippen molar-refractivity contribution in [1.29, 1.82) is 0 Å². The summed E-state index contributed by atoms with van der Waals surface area (Å²) in [7, 11) is -3.53. The molecule has 0 aliphatic carbocycles. The number of carbonyl (C=O) groups is 2. The van der Waals surface area contributed by atoms with Crippen LogP contribution in [0.5, 0.6) is 0 Å². The number of rotatable bonds is 14. The number of sulfonamides is 1. The molecule has 1 N–H and O–H groups in total. The summed E-state index contributed by atoms with van der Waals surface area (Å²) in [5.41, 5.74) is 2.55. The first-order chi connectivity index (χ1) is 17.5. The first-order valence-electron chi connectivity index (χ1n) is 12.9. The van der Waals surface area contributed by atoms with Gasteiger partial charge in [-0.3, -0.25) is 13.9 Å². The molecule has 0 aliphatic heterocycles. The predicted octanol–water partition coefficient (Wildman–Crippen LogP) is 5.17. The number of nitrogens with one attached hydrogen (secondary N) is 1. The van der Waals surface area contributed by atoms with Crippen LogP contribution in [0, 0.1) is 0 Å². The zero-order valence-electron chi connectivity index (χ0n) is 22.5. The maximum atomic E-state index is 13.5. The number of amides is 2. The van der Waals surface area contributed by atoms with Gasteiger partial charge in [-0.15, -0.1) is 0 Å². The summed E-state index contributed by atoms with van der Waals surface area (Å²) < 4.78 is 26.3. The summed E-state index contributed by atoms with van der Waals surface area (Å²) in [5, 5.41) is 3.59. The summed E-state index contributed by atoms with van der Waals surface area (Å²) >= 11 is 6.03. The highest BCUT2D eigenvalue weighted by molar-refractivity contribution is 7.92. The zero-order valence-corrected chi connectivity index (χ0v) is 24.1. The molecule has 204 valence electrons. The highest BCUT2D eigenvalue weighted by Gasteiger charge is 2.29. The molecule has 0 fully saturated rings. The highest BCUT2D eigenvalue weighted by atomic mass is 35.5. The van der Waals surface area contributed by atoms with Crippen LogP contribution < -0.4 is 9.62 Å². The zero-order chi connectivity index (χ0) is 27.6. The van der Waals surface area contributed by atoms with Gasteiger partial charge < -0.3 is 10.2 Å². The van der Waals surface area contributed by atoms with Crippen molar-refractivity contribution in [3.05, 3.63) is 64.7 Å². The van der Waals surface area contributed by atoms with Crippen molar-refractivity contribution in [2.45, 2.75) is 78.4 Å². The number of halogens is 1. The molecule has 0 unspecified atom stereocenters. The van der Waals surface area contributed by atoms with Crippen molar-refractivity contribution < 1.29 is 18.0 Å². The van der Waals surface area contributed by atoms with Gasteiger partial charge in [0.05, 0.1) is 11.9 Å². The Bertz CT molecular complexity index is 1120. The summed E-state index contributed by atoms with van der Waals surface area (Å²) in [6.07, 6.45) is 3.71. The lowest BCUT2D eigenvalue weighted by molar-refractivity contribution is -0.141. The van der Waals surface area contributed by atoms with Crippen LogP contribution in [0.25, 0.3) is 0 Å². The molecular weight excluding hydrogens is 510 g/mol. The minimum absolute atomic E-state index is 0.00329. The molecule has 7 nitrogen and oxygen atoms in total. The van der Waals surface area contributed by atoms with Crippen molar-refractivity contribution in [3.63, 3.8) is 0 Å². The third-order valence-corrected chi connectivity index (χ3v) is 7.88. The smallest absolute Gasteiger partial charge is 0.243 e. The molecular formula is C28H40ClN3O4S. The Hall–Kier alpha value is -2.58. The molecule has 0 saturated carbocycles. The topological polar surface area (TPSA) is 86.8 Å². The molecule has 0 radical (unpaired) electrons. The number of carbonyl (C=O) groups excluding carboxylic acids is 2. The molecule has 37 heavy (non-hydrogen) atoms. The minimum Gasteiger partial charge on any atom is -0.352 e. The van der Waals surface area contributed by atoms with E-state index in [-0.39, 0.29) is 37.4 Å². The number of nitrogens with zero attached hydrogens (tertiary/aromatic N) is 2. The molecule has 2 rings (SSSR count). The van der Waals surface area contributed by atoms with Crippen LogP contribution >= 0.6 is 11.6 Å². The molecule has 0 heterocycles. The van der Waals surface area contributed by atoms with Crippen LogP contribution in [-0.4, -0.2) is 50.0 Å². The molecule has 2 atom stereocenters. The third kappa shape index (κ3) is 9.34. The van der Waals surface area contributed by atoms with Crippen LogP contribution in [0.4, 0.5) is 5.69 Å². The van der Waals surface area contributed by atoms with Crippen molar-refractivity contribution in [2.75, 3.05) is 17.1 Å². The van der Waals surface area contributed by atoms with Crippen LogP contribution in [0.1, 0.15) is 64.5 Å². The van der Waals surface area contributed by atoms with Gasteiger partial charge in [-0.2, -0.15) is 0 Å². The predicted molar refractivity (Wildman–Crippen MR) is 151 cm³/mol. The Morgan fingerprint density at radius 1 is 0.946 bits per heavy atom. The van der Waals surface area contributed by atoms with Gasteiger partial charge in [0.25, 0.3) is 0 Å². The van der Waals surface area contributed by atoms with E-state index in [0.29, 0.717) is 23.6 Å². The average Bonchev–Trinajstić information content (AvgIpc) is 2.86. The fourth-order valence-corrected chi connectivity index (χ4v) is 5.14. The monoisotopic (exact) mass is 549 g/mol. The Kier molecular flexibility index (Phi) is 11.9. The second-order valence-corrected chi connectivity index (χ2v) is 11.7. The highest BCUT2D eigenvalue weighted by Crippen LogP contribution is 2.21. The van der Waals surface area contributed by atoms with Gasteiger partial charge in [-0.25, -0.2) is 8.42 Å². The normalized spacial score (nSPS) is 13.0. The van der Waals surface area contributed by atoms with Gasteiger partial charge in [0.15, 0.2) is 0 Å². The lowest BCUT2D eigenvalue weighted by Crippen LogP contribution is -2.50. The second kappa shape index (κ2) is 14.4. The van der Waals surface area contributed by atoms with Crippen LogP contribution in [0.2, 0.25) is 5.02 Å². The molecule has 2 aromatic rings. The van der Waals surface area contributed by atoms with Gasteiger partial charge in [-0.05, 0) is 68.0 Å². The summed E-state index contributed by atoms with van der Waals surface area (Å²) in [6.45, 7) is 8.28. The van der Waals surface area contributed by atoms with Gasteiger partial charge in [0.2, 0.25) is 21.8 Å². The Morgan fingerprint density at radius 2 is 1.54 bits per heavy atom. The summed E-state index contributed by atoms with van der Waals surface area (Å²) in [4.78, 5) is 28.1. The molecule has 0 aliphatic rings. The molecule has 0 bridgehead atoms. The summed E-state index contributed by atoms with van der Waals surface area (Å²) in [6, 6.07) is 14.0. The van der Waals surface area contributed by atoms with Crippen molar-refractivity contribution in [2.24, 2.45) is 0 Å². The number of anilines is 1. The van der Waals surface area contributed by atoms with E-state index in [0.717, 1.165) is 24.0 Å². The standard InChI is InChI=1S/C28H40ClN3O4S/c1-6-21(4)30-28(34)26(8-3)31(20-23-11-15-24(29)16-12-23)27(33)10-9-19-32(37(5,35)36)25-17-13-22(7-2)14-18-25/h11-18,21,26H,6-10,19-20H2,1-5H3,(H,30,34)/t21-,26+/m0/s1. The molecule has 0 spiro atoms. The van der Waals surface area contributed by atoms with Gasteiger partial charge in [0.1, 0.15) is 6.04 Å². The molecule has 9 heteroatoms. The SMILES string of the molecule is CCc1ccc(N(CCCC(=O)N(Cc2ccc(Cl)cc2)[C@H](CC)C(=O)N[C@@H](C)CC)S(C)(=O)=O)cc1. The van der Waals surface area contributed by atoms with Crippen LogP contribution in [0.3, 0.4) is 0 Å². The first kappa shape index (κ1) is 30.6. The quantitative estimate of drug-likeness (QED) is 0.352. The maximum absolute atomic E-state index is 13.5. The minimum atomic E-state index is -3.53. The number of hydrogen-bond donors (Lipinski definition) is 1.